The molecule has 1 N–H and O–H groups in total. The Morgan fingerprint density at radius 2 is 2.15 bits per heavy atom. The van der Waals surface area contributed by atoms with Crippen LogP contribution in [0.3, 0.4) is 0 Å². The molecule has 20 heavy (non-hydrogen) atoms. The average Bonchev–Trinajstić information content (AvgIpc) is 2.41. The zero-order valence-corrected chi connectivity index (χ0v) is 10.8. The Bertz CT molecular complexity index is 518. The van der Waals surface area contributed by atoms with E-state index >= 15 is 0 Å². The Morgan fingerprint density at radius 1 is 1.45 bits per heavy atom. The van der Waals surface area contributed by atoms with Gasteiger partial charge in [-0.05, 0) is 25.1 Å². The Labute approximate surface area is 113 Å². The molecule has 4 nitrogen and oxygen atoms in total. The molecular formula is C13H14F3NO3. The Hall–Kier alpha value is -1.60. The summed E-state index contributed by atoms with van der Waals surface area (Å²) in [4.78, 5) is 13.0. The second kappa shape index (κ2) is 5.06. The number of carbonyl (C=O) groups excluding carboxylic acids is 1. The van der Waals surface area contributed by atoms with Crippen molar-refractivity contribution < 1.29 is 27.8 Å². The highest BCUT2D eigenvalue weighted by atomic mass is 19.4. The van der Waals surface area contributed by atoms with E-state index in [1.54, 1.807) is 6.92 Å². The first-order valence-electron chi connectivity index (χ1n) is 5.98. The van der Waals surface area contributed by atoms with Gasteiger partial charge < -0.3 is 14.7 Å². The first-order chi connectivity index (χ1) is 9.25. The lowest BCUT2D eigenvalue weighted by molar-refractivity contribution is -0.141. The predicted molar refractivity (Wildman–Crippen MR) is 65.2 cm³/mol. The van der Waals surface area contributed by atoms with Crippen LogP contribution in [0.25, 0.3) is 0 Å². The van der Waals surface area contributed by atoms with E-state index in [1.807, 2.05) is 0 Å². The zero-order valence-electron chi connectivity index (χ0n) is 10.8. The Kier molecular flexibility index (Phi) is 3.75. The first kappa shape index (κ1) is 14.8. The van der Waals surface area contributed by atoms with Gasteiger partial charge in [-0.2, -0.15) is 13.2 Å². The van der Waals surface area contributed by atoms with Crippen molar-refractivity contribution in [2.75, 3.05) is 24.7 Å². The highest BCUT2D eigenvalue weighted by molar-refractivity contribution is 5.95. The van der Waals surface area contributed by atoms with E-state index < -0.39 is 23.2 Å². The first-order valence-corrected chi connectivity index (χ1v) is 5.98. The smallest absolute Gasteiger partial charge is 0.393 e. The van der Waals surface area contributed by atoms with Gasteiger partial charge in [0.05, 0.1) is 18.7 Å². The third-order valence-corrected chi connectivity index (χ3v) is 3.16. The topological polar surface area (TPSA) is 49.8 Å². The van der Waals surface area contributed by atoms with Crippen LogP contribution in [0.5, 0.6) is 0 Å². The van der Waals surface area contributed by atoms with E-state index in [4.69, 9.17) is 4.74 Å². The zero-order chi connectivity index (χ0) is 15.0. The van der Waals surface area contributed by atoms with Crippen molar-refractivity contribution >= 4 is 11.6 Å². The van der Waals surface area contributed by atoms with Crippen molar-refractivity contribution in [3.8, 4) is 0 Å². The Morgan fingerprint density at radius 3 is 2.75 bits per heavy atom. The molecule has 110 valence electrons. The number of benzene rings is 1. The van der Waals surface area contributed by atoms with Crippen molar-refractivity contribution in [2.45, 2.75) is 18.7 Å². The standard InChI is InChI=1S/C13H14F3NO3/c1-12(8-18)7-17(11(19)6-20-12)10-4-2-3-9(5-10)13(14,15)16/h2-5,18H,6-8H2,1H3. The number of anilines is 1. The number of amides is 1. The maximum atomic E-state index is 12.7. The van der Waals surface area contributed by atoms with E-state index in [0.29, 0.717) is 0 Å². The number of rotatable bonds is 2. The Balaban J connectivity index is 2.32. The third kappa shape index (κ3) is 2.94. The van der Waals surface area contributed by atoms with Crippen LogP contribution in [0.1, 0.15) is 12.5 Å². The van der Waals surface area contributed by atoms with Crippen LogP contribution in [-0.2, 0) is 15.7 Å². The summed E-state index contributed by atoms with van der Waals surface area (Å²) in [6, 6.07) is 4.54. The summed E-state index contributed by atoms with van der Waals surface area (Å²) in [5.41, 5.74) is -1.64. The van der Waals surface area contributed by atoms with Crippen molar-refractivity contribution in [1.82, 2.24) is 0 Å². The molecule has 1 heterocycles. The molecular weight excluding hydrogens is 275 g/mol. The number of halogens is 3. The fourth-order valence-electron chi connectivity index (χ4n) is 1.96. The van der Waals surface area contributed by atoms with Crippen molar-refractivity contribution in [2.24, 2.45) is 0 Å². The fourth-order valence-corrected chi connectivity index (χ4v) is 1.96. The quantitative estimate of drug-likeness (QED) is 0.903. The number of hydrogen-bond donors (Lipinski definition) is 1. The van der Waals surface area contributed by atoms with Gasteiger partial charge in [0, 0.05) is 5.69 Å². The lowest BCUT2D eigenvalue weighted by atomic mass is 10.0. The monoisotopic (exact) mass is 289 g/mol. The molecule has 2 rings (SSSR count). The molecule has 1 aliphatic heterocycles. The molecule has 1 fully saturated rings. The molecule has 0 aromatic heterocycles. The summed E-state index contributed by atoms with van der Waals surface area (Å²) in [7, 11) is 0. The van der Waals surface area contributed by atoms with Crippen LogP contribution in [-0.4, -0.2) is 36.4 Å². The number of nitrogens with zero attached hydrogens (tertiary/aromatic N) is 1. The average molecular weight is 289 g/mol. The van der Waals surface area contributed by atoms with E-state index in [-0.39, 0.29) is 25.4 Å². The number of ether oxygens (including phenoxy) is 1. The molecule has 1 saturated heterocycles. The highest BCUT2D eigenvalue weighted by Crippen LogP contribution is 2.32. The lowest BCUT2D eigenvalue weighted by Crippen LogP contribution is -2.55. The molecule has 1 amide bonds. The molecule has 7 heteroatoms. The summed E-state index contributed by atoms with van der Waals surface area (Å²) in [5, 5.41) is 9.24. The van der Waals surface area contributed by atoms with E-state index in [9.17, 15) is 23.1 Å². The molecule has 1 unspecified atom stereocenters. The van der Waals surface area contributed by atoms with Crippen molar-refractivity contribution in [1.29, 1.82) is 0 Å². The van der Waals surface area contributed by atoms with Crippen LogP contribution < -0.4 is 4.90 Å². The molecule has 0 radical (unpaired) electrons. The molecule has 0 aliphatic carbocycles. The van der Waals surface area contributed by atoms with E-state index in [1.165, 1.54) is 17.0 Å². The lowest BCUT2D eigenvalue weighted by Gasteiger charge is -2.39. The summed E-state index contributed by atoms with van der Waals surface area (Å²) in [5.74, 6) is -0.435. The van der Waals surface area contributed by atoms with Gasteiger partial charge in [-0.25, -0.2) is 0 Å². The van der Waals surface area contributed by atoms with Gasteiger partial charge in [-0.3, -0.25) is 4.79 Å². The SMILES string of the molecule is CC1(CO)CN(c2cccc(C(F)(F)F)c2)C(=O)CO1. The second-order valence-electron chi connectivity index (χ2n) is 4.92. The van der Waals surface area contributed by atoms with Crippen LogP contribution in [0.15, 0.2) is 24.3 Å². The summed E-state index contributed by atoms with van der Waals surface area (Å²) < 4.78 is 43.3. The molecule has 0 bridgehead atoms. The number of morpholine rings is 1. The van der Waals surface area contributed by atoms with Crippen LogP contribution in [0, 0.1) is 0 Å². The van der Waals surface area contributed by atoms with Gasteiger partial charge >= 0.3 is 6.18 Å². The largest absolute Gasteiger partial charge is 0.416 e. The van der Waals surface area contributed by atoms with Crippen LogP contribution in [0.4, 0.5) is 18.9 Å². The summed E-state index contributed by atoms with van der Waals surface area (Å²) >= 11 is 0. The number of carbonyl (C=O) groups is 1. The van der Waals surface area contributed by atoms with Gasteiger partial charge in [-0.1, -0.05) is 6.07 Å². The molecule has 1 atom stereocenters. The molecule has 0 saturated carbocycles. The molecule has 0 spiro atoms. The number of hydrogen-bond acceptors (Lipinski definition) is 3. The predicted octanol–water partition coefficient (Wildman–Crippen LogP) is 1.82. The molecule has 1 aromatic carbocycles. The maximum absolute atomic E-state index is 12.7. The molecule has 1 aromatic rings. The second-order valence-corrected chi connectivity index (χ2v) is 4.92. The van der Waals surface area contributed by atoms with E-state index in [0.717, 1.165) is 12.1 Å². The van der Waals surface area contributed by atoms with Gasteiger partial charge in [0.1, 0.15) is 12.2 Å². The minimum Gasteiger partial charge on any atom is -0.393 e. The number of aliphatic hydroxyl groups is 1. The highest BCUT2D eigenvalue weighted by Gasteiger charge is 2.37. The van der Waals surface area contributed by atoms with Gasteiger partial charge in [-0.15, -0.1) is 0 Å². The van der Waals surface area contributed by atoms with E-state index in [2.05, 4.69) is 0 Å². The number of aliphatic hydroxyl groups excluding tert-OH is 1. The summed E-state index contributed by atoms with van der Waals surface area (Å²) in [6.45, 7) is 1.01. The van der Waals surface area contributed by atoms with Crippen molar-refractivity contribution in [3.63, 3.8) is 0 Å². The van der Waals surface area contributed by atoms with Gasteiger partial charge in [0.15, 0.2) is 0 Å². The normalized spacial score (nSPS) is 24.1. The maximum Gasteiger partial charge on any atom is 0.416 e. The summed E-state index contributed by atoms with van der Waals surface area (Å²) in [6.07, 6.45) is -4.47. The van der Waals surface area contributed by atoms with Crippen LogP contribution in [0.2, 0.25) is 0 Å². The number of alkyl halides is 3. The minimum atomic E-state index is -4.47. The molecule has 1 aliphatic rings. The van der Waals surface area contributed by atoms with Crippen molar-refractivity contribution in [3.05, 3.63) is 29.8 Å². The third-order valence-electron chi connectivity index (χ3n) is 3.16. The fraction of sp³-hybridized carbons (Fsp3) is 0.462. The van der Waals surface area contributed by atoms with Gasteiger partial charge in [0.2, 0.25) is 0 Å². The minimum absolute atomic E-state index is 0.00361. The van der Waals surface area contributed by atoms with Gasteiger partial charge in [0.25, 0.3) is 5.91 Å². The van der Waals surface area contributed by atoms with Crippen LogP contribution >= 0.6 is 0 Å².